The fraction of sp³-hybridized carbons (Fsp3) is 0.158. The van der Waals surface area contributed by atoms with Gasteiger partial charge in [0.1, 0.15) is 17.7 Å². The number of anilines is 1. The summed E-state index contributed by atoms with van der Waals surface area (Å²) in [5.74, 6) is 0.868. The molecule has 1 aliphatic heterocycles. The van der Waals surface area contributed by atoms with Gasteiger partial charge in [-0.3, -0.25) is 4.79 Å². The number of hydrogen-bond acceptors (Lipinski definition) is 6. The van der Waals surface area contributed by atoms with E-state index in [1.807, 2.05) is 19.1 Å². The van der Waals surface area contributed by atoms with Crippen molar-refractivity contribution in [3.05, 3.63) is 59.3 Å². The molecule has 1 atom stereocenters. The molecule has 0 fully saturated rings. The molecular formula is C19H14N8O. The smallest absolute Gasteiger partial charge is 0.226 e. The molecular weight excluding hydrogens is 356 g/mol. The molecule has 9 heteroatoms. The first-order valence-electron chi connectivity index (χ1n) is 8.69. The van der Waals surface area contributed by atoms with Crippen LogP contribution in [0.15, 0.2) is 36.9 Å². The van der Waals surface area contributed by atoms with Crippen molar-refractivity contribution in [2.45, 2.75) is 19.3 Å². The molecule has 0 bridgehead atoms. The van der Waals surface area contributed by atoms with Gasteiger partial charge in [-0.25, -0.2) is 15.0 Å². The lowest BCUT2D eigenvalue weighted by atomic mass is 9.85. The summed E-state index contributed by atoms with van der Waals surface area (Å²) in [5.41, 5.74) is 4.46. The van der Waals surface area contributed by atoms with Crippen LogP contribution in [0.2, 0.25) is 0 Å². The maximum atomic E-state index is 12.5. The van der Waals surface area contributed by atoms with Crippen molar-refractivity contribution in [3.63, 3.8) is 0 Å². The zero-order chi connectivity index (χ0) is 19.3. The van der Waals surface area contributed by atoms with E-state index in [0.717, 1.165) is 16.8 Å². The van der Waals surface area contributed by atoms with Crippen molar-refractivity contribution in [1.82, 2.24) is 29.7 Å². The number of amides is 1. The van der Waals surface area contributed by atoms with Crippen LogP contribution < -0.4 is 5.32 Å². The lowest BCUT2D eigenvalue weighted by Crippen LogP contribution is -2.25. The largest absolute Gasteiger partial charge is 0.340 e. The van der Waals surface area contributed by atoms with E-state index >= 15 is 0 Å². The first kappa shape index (κ1) is 16.1. The number of nitrogens with zero attached hydrogens (tertiary/aromatic N) is 6. The van der Waals surface area contributed by atoms with Gasteiger partial charge >= 0.3 is 0 Å². The van der Waals surface area contributed by atoms with Crippen LogP contribution in [0.4, 0.5) is 5.82 Å². The standard InChI is InChI=1S/C19H14N8O/c1-10-15-13(12-4-2-11(7-20)3-5-12)6-14(28)25-18(15)27(26-10)19-16-17(22-8-21-16)23-9-24-19/h2-5,8-9,13H,6H2,1H3,(H,25,28)(H,21,22,23,24)/t13-/m0/s1. The van der Waals surface area contributed by atoms with Crippen molar-refractivity contribution < 1.29 is 4.79 Å². The molecule has 4 aromatic rings. The highest BCUT2D eigenvalue weighted by Gasteiger charge is 2.33. The van der Waals surface area contributed by atoms with Gasteiger partial charge in [-0.05, 0) is 24.6 Å². The second kappa shape index (κ2) is 5.99. The Bertz CT molecular complexity index is 1260. The first-order valence-corrected chi connectivity index (χ1v) is 8.69. The summed E-state index contributed by atoms with van der Waals surface area (Å²) in [6, 6.07) is 9.42. The highest BCUT2D eigenvalue weighted by atomic mass is 16.1. The van der Waals surface area contributed by atoms with Crippen LogP contribution in [-0.2, 0) is 4.79 Å². The molecule has 0 spiro atoms. The van der Waals surface area contributed by atoms with Gasteiger partial charge in [0.15, 0.2) is 11.5 Å². The number of H-pyrrole nitrogens is 1. The van der Waals surface area contributed by atoms with Crippen LogP contribution in [0.3, 0.4) is 0 Å². The molecule has 5 rings (SSSR count). The topological polar surface area (TPSA) is 125 Å². The van der Waals surface area contributed by atoms with Crippen molar-refractivity contribution >= 4 is 22.9 Å². The number of aryl methyl sites for hydroxylation is 1. The zero-order valence-corrected chi connectivity index (χ0v) is 14.8. The molecule has 0 unspecified atom stereocenters. The number of hydrogen-bond donors (Lipinski definition) is 2. The highest BCUT2D eigenvalue weighted by Crippen LogP contribution is 2.40. The third kappa shape index (κ3) is 2.35. The molecule has 1 aromatic carbocycles. The van der Waals surface area contributed by atoms with Gasteiger partial charge in [0.25, 0.3) is 0 Å². The Kier molecular flexibility index (Phi) is 3.45. The number of rotatable bonds is 2. The number of carbonyl (C=O) groups is 1. The average Bonchev–Trinajstić information content (AvgIpc) is 3.32. The fourth-order valence-corrected chi connectivity index (χ4v) is 3.69. The molecule has 0 saturated carbocycles. The van der Waals surface area contributed by atoms with E-state index in [1.165, 1.54) is 6.33 Å². The van der Waals surface area contributed by atoms with Crippen molar-refractivity contribution in [1.29, 1.82) is 5.26 Å². The molecule has 0 saturated heterocycles. The normalized spacial score (nSPS) is 15.9. The number of carbonyl (C=O) groups excluding carboxylic acids is 1. The lowest BCUT2D eigenvalue weighted by Gasteiger charge is -2.24. The molecule has 2 N–H and O–H groups in total. The summed E-state index contributed by atoms with van der Waals surface area (Å²) in [6.07, 6.45) is 3.28. The summed E-state index contributed by atoms with van der Waals surface area (Å²) in [5, 5.41) is 16.6. The molecule has 3 aromatic heterocycles. The van der Waals surface area contributed by atoms with Gasteiger partial charge in [-0.2, -0.15) is 15.0 Å². The summed E-state index contributed by atoms with van der Waals surface area (Å²) >= 11 is 0. The van der Waals surface area contributed by atoms with E-state index < -0.39 is 0 Å². The zero-order valence-electron chi connectivity index (χ0n) is 14.8. The van der Waals surface area contributed by atoms with Gasteiger partial charge in [-0.15, -0.1) is 0 Å². The maximum absolute atomic E-state index is 12.5. The first-order chi connectivity index (χ1) is 13.7. The number of nitriles is 1. The van der Waals surface area contributed by atoms with E-state index in [-0.39, 0.29) is 11.8 Å². The summed E-state index contributed by atoms with van der Waals surface area (Å²) in [4.78, 5) is 28.1. The number of nitrogens with one attached hydrogen (secondary N) is 2. The third-order valence-corrected chi connectivity index (χ3v) is 4.95. The fourth-order valence-electron chi connectivity index (χ4n) is 3.69. The van der Waals surface area contributed by atoms with E-state index in [0.29, 0.717) is 34.8 Å². The number of imidazole rings is 1. The predicted octanol–water partition coefficient (Wildman–Crippen LogP) is 2.19. The van der Waals surface area contributed by atoms with E-state index in [4.69, 9.17) is 5.26 Å². The number of aromatic amines is 1. The molecule has 0 radical (unpaired) electrons. The van der Waals surface area contributed by atoms with Gasteiger partial charge in [-0.1, -0.05) is 12.1 Å². The minimum atomic E-state index is -0.149. The van der Waals surface area contributed by atoms with E-state index in [2.05, 4.69) is 36.4 Å². The monoisotopic (exact) mass is 370 g/mol. The molecule has 0 aliphatic carbocycles. The Morgan fingerprint density at radius 1 is 1.21 bits per heavy atom. The van der Waals surface area contributed by atoms with Crippen molar-refractivity contribution in [3.8, 4) is 11.9 Å². The Hall–Kier alpha value is -4.06. The van der Waals surface area contributed by atoms with E-state index in [9.17, 15) is 4.79 Å². The Labute approximate surface area is 159 Å². The number of fused-ring (bicyclic) bond motifs is 2. The summed E-state index contributed by atoms with van der Waals surface area (Å²) < 4.78 is 1.63. The molecule has 9 nitrogen and oxygen atoms in total. The highest BCUT2D eigenvalue weighted by molar-refractivity contribution is 5.95. The third-order valence-electron chi connectivity index (χ3n) is 4.95. The van der Waals surface area contributed by atoms with Crippen molar-refractivity contribution in [2.75, 3.05) is 5.32 Å². The average molecular weight is 370 g/mol. The van der Waals surface area contributed by atoms with Crippen molar-refractivity contribution in [2.24, 2.45) is 0 Å². The maximum Gasteiger partial charge on any atom is 0.226 e. The van der Waals surface area contributed by atoms with Gasteiger partial charge in [0, 0.05) is 17.9 Å². The molecule has 136 valence electrons. The number of benzene rings is 1. The van der Waals surface area contributed by atoms with Crippen LogP contribution in [0.25, 0.3) is 17.0 Å². The van der Waals surface area contributed by atoms with Crippen LogP contribution in [-0.4, -0.2) is 35.6 Å². The minimum absolute atomic E-state index is 0.0991. The molecule has 4 heterocycles. The quantitative estimate of drug-likeness (QED) is 0.557. The predicted molar refractivity (Wildman–Crippen MR) is 99.8 cm³/mol. The van der Waals surface area contributed by atoms with E-state index in [1.54, 1.807) is 23.1 Å². The Morgan fingerprint density at radius 2 is 2.04 bits per heavy atom. The second-order valence-corrected chi connectivity index (χ2v) is 6.60. The molecule has 1 aliphatic rings. The minimum Gasteiger partial charge on any atom is -0.340 e. The summed E-state index contributed by atoms with van der Waals surface area (Å²) in [6.45, 7) is 1.91. The molecule has 28 heavy (non-hydrogen) atoms. The van der Waals surface area contributed by atoms with Crippen LogP contribution in [0.5, 0.6) is 0 Å². The second-order valence-electron chi connectivity index (χ2n) is 6.60. The van der Waals surface area contributed by atoms with Crippen LogP contribution in [0.1, 0.15) is 34.7 Å². The molecule has 1 amide bonds. The Morgan fingerprint density at radius 3 is 2.82 bits per heavy atom. The van der Waals surface area contributed by atoms with Crippen LogP contribution >= 0.6 is 0 Å². The number of aromatic nitrogens is 6. The van der Waals surface area contributed by atoms with Gasteiger partial charge < -0.3 is 10.3 Å². The van der Waals surface area contributed by atoms with Gasteiger partial charge in [0.05, 0.1) is 23.7 Å². The summed E-state index contributed by atoms with van der Waals surface area (Å²) in [7, 11) is 0. The SMILES string of the molecule is Cc1nn(-c2ncnc3nc[nH]c23)c2c1[C@H](c1ccc(C#N)cc1)CC(=O)N2. The van der Waals surface area contributed by atoms with Crippen LogP contribution in [0, 0.1) is 18.3 Å². The van der Waals surface area contributed by atoms with Gasteiger partial charge in [0.2, 0.25) is 5.91 Å². The lowest BCUT2D eigenvalue weighted by molar-refractivity contribution is -0.116. The Balaban J connectivity index is 1.69.